The zero-order valence-electron chi connectivity index (χ0n) is 13.6. The molecule has 1 atom stereocenters. The van der Waals surface area contributed by atoms with Crippen LogP contribution in [0.4, 0.5) is 4.79 Å². The summed E-state index contributed by atoms with van der Waals surface area (Å²) >= 11 is 5.83. The molecule has 3 rings (SSSR count). The minimum absolute atomic E-state index is 0.156. The fraction of sp³-hybridized carbons (Fsp3) is 0.158. The Kier molecular flexibility index (Phi) is 4.76. The number of hydrogen-bond acceptors (Lipinski definition) is 2. The molecule has 1 amide bonds. The lowest BCUT2D eigenvalue weighted by Crippen LogP contribution is -2.34. The Morgan fingerprint density at radius 1 is 1.16 bits per heavy atom. The zero-order chi connectivity index (χ0) is 18.0. The smallest absolute Gasteiger partial charge is 0.416 e. The van der Waals surface area contributed by atoms with Gasteiger partial charge in [-0.05, 0) is 49.2 Å². The van der Waals surface area contributed by atoms with Crippen LogP contribution in [0, 0.1) is 0 Å². The molecule has 0 aliphatic heterocycles. The van der Waals surface area contributed by atoms with Gasteiger partial charge in [0.25, 0.3) is 5.91 Å². The number of fused-ring (bicyclic) bond motifs is 1. The molecular weight excluding hydrogens is 340 g/mol. The predicted octanol–water partition coefficient (Wildman–Crippen LogP) is 4.18. The Morgan fingerprint density at radius 3 is 2.52 bits per heavy atom. The molecule has 6 heteroatoms. The number of halogens is 1. The standard InChI is InChI=1S/C19H17ClN2O3/c1-12(21-18(23)13-6-8-15(20)9-7-13)10-14-11-22(19(24)25)17-5-3-2-4-16(14)17/h2-9,11-12H,10H2,1H3,(H,21,23)(H,24,25)/t12-/m1/s1. The Labute approximate surface area is 149 Å². The molecule has 0 unspecified atom stereocenters. The summed E-state index contributed by atoms with van der Waals surface area (Å²) in [5, 5.41) is 13.7. The molecule has 2 N–H and O–H groups in total. The Balaban J connectivity index is 1.78. The maximum Gasteiger partial charge on any atom is 0.416 e. The van der Waals surface area contributed by atoms with Crippen LogP contribution in [-0.4, -0.2) is 27.7 Å². The highest BCUT2D eigenvalue weighted by molar-refractivity contribution is 6.30. The molecule has 0 radical (unpaired) electrons. The average molecular weight is 357 g/mol. The molecular formula is C19H17ClN2O3. The summed E-state index contributed by atoms with van der Waals surface area (Å²) in [6, 6.07) is 13.8. The lowest BCUT2D eigenvalue weighted by Gasteiger charge is -2.13. The molecule has 0 fully saturated rings. The third kappa shape index (κ3) is 3.67. The van der Waals surface area contributed by atoms with Crippen LogP contribution in [0.1, 0.15) is 22.8 Å². The summed E-state index contributed by atoms with van der Waals surface area (Å²) in [5.74, 6) is -0.189. The van der Waals surface area contributed by atoms with Crippen LogP contribution in [0.2, 0.25) is 5.02 Å². The van der Waals surface area contributed by atoms with Crippen molar-refractivity contribution in [3.63, 3.8) is 0 Å². The van der Waals surface area contributed by atoms with E-state index < -0.39 is 6.09 Å². The van der Waals surface area contributed by atoms with Crippen molar-refractivity contribution in [2.75, 3.05) is 0 Å². The van der Waals surface area contributed by atoms with Crippen molar-refractivity contribution in [3.8, 4) is 0 Å². The fourth-order valence-corrected chi connectivity index (χ4v) is 2.99. The van der Waals surface area contributed by atoms with Gasteiger partial charge in [-0.1, -0.05) is 29.8 Å². The first kappa shape index (κ1) is 17.0. The lowest BCUT2D eigenvalue weighted by molar-refractivity contribution is 0.0940. The van der Waals surface area contributed by atoms with Crippen LogP contribution >= 0.6 is 11.6 Å². The van der Waals surface area contributed by atoms with E-state index in [1.54, 1.807) is 42.6 Å². The molecule has 1 heterocycles. The van der Waals surface area contributed by atoms with Gasteiger partial charge < -0.3 is 10.4 Å². The number of carbonyl (C=O) groups excluding carboxylic acids is 1. The van der Waals surface area contributed by atoms with Gasteiger partial charge in [-0.3, -0.25) is 9.36 Å². The van der Waals surface area contributed by atoms with Crippen LogP contribution in [0.3, 0.4) is 0 Å². The van der Waals surface area contributed by atoms with Gasteiger partial charge in [0.15, 0.2) is 0 Å². The van der Waals surface area contributed by atoms with Crippen LogP contribution in [0.25, 0.3) is 10.9 Å². The predicted molar refractivity (Wildman–Crippen MR) is 97.4 cm³/mol. The molecule has 0 spiro atoms. The van der Waals surface area contributed by atoms with E-state index in [1.165, 1.54) is 4.57 Å². The van der Waals surface area contributed by atoms with Crippen LogP contribution in [0.5, 0.6) is 0 Å². The normalized spacial score (nSPS) is 12.1. The Bertz CT molecular complexity index is 931. The summed E-state index contributed by atoms with van der Waals surface area (Å²) in [7, 11) is 0. The number of nitrogens with zero attached hydrogens (tertiary/aromatic N) is 1. The second-order valence-corrected chi connectivity index (χ2v) is 6.35. The van der Waals surface area contributed by atoms with Crippen LogP contribution < -0.4 is 5.32 Å². The maximum atomic E-state index is 12.3. The molecule has 5 nitrogen and oxygen atoms in total. The summed E-state index contributed by atoms with van der Waals surface area (Å²) in [5.41, 5.74) is 2.05. The van der Waals surface area contributed by atoms with E-state index in [2.05, 4.69) is 5.32 Å². The highest BCUT2D eigenvalue weighted by Crippen LogP contribution is 2.22. The molecule has 0 saturated heterocycles. The van der Waals surface area contributed by atoms with Gasteiger partial charge in [0.05, 0.1) is 5.52 Å². The zero-order valence-corrected chi connectivity index (χ0v) is 14.3. The van der Waals surface area contributed by atoms with Crippen LogP contribution in [0.15, 0.2) is 54.7 Å². The summed E-state index contributed by atoms with van der Waals surface area (Å²) in [6.07, 6.45) is 1.11. The first-order valence-electron chi connectivity index (χ1n) is 7.84. The number of amides is 1. The van der Waals surface area contributed by atoms with E-state index in [4.69, 9.17) is 11.6 Å². The molecule has 1 aromatic heterocycles. The second kappa shape index (κ2) is 6.99. The van der Waals surface area contributed by atoms with Gasteiger partial charge in [-0.2, -0.15) is 0 Å². The van der Waals surface area contributed by atoms with Gasteiger partial charge in [0.1, 0.15) is 0 Å². The summed E-state index contributed by atoms with van der Waals surface area (Å²) in [4.78, 5) is 23.7. The first-order chi connectivity index (χ1) is 12.0. The molecule has 0 saturated carbocycles. The average Bonchev–Trinajstić information content (AvgIpc) is 2.94. The number of rotatable bonds is 4. The van der Waals surface area contributed by atoms with E-state index in [0.717, 1.165) is 10.9 Å². The first-order valence-corrected chi connectivity index (χ1v) is 8.22. The number of nitrogens with one attached hydrogen (secondary N) is 1. The molecule has 2 aromatic carbocycles. The van der Waals surface area contributed by atoms with Gasteiger partial charge in [-0.25, -0.2) is 4.79 Å². The van der Waals surface area contributed by atoms with Crippen molar-refractivity contribution in [3.05, 3.63) is 70.9 Å². The van der Waals surface area contributed by atoms with E-state index >= 15 is 0 Å². The van der Waals surface area contributed by atoms with E-state index in [0.29, 0.717) is 22.5 Å². The van der Waals surface area contributed by atoms with Gasteiger partial charge in [0.2, 0.25) is 0 Å². The van der Waals surface area contributed by atoms with Crippen molar-refractivity contribution < 1.29 is 14.7 Å². The largest absolute Gasteiger partial charge is 0.464 e. The van der Waals surface area contributed by atoms with Gasteiger partial charge >= 0.3 is 6.09 Å². The minimum Gasteiger partial charge on any atom is -0.464 e. The van der Waals surface area contributed by atoms with Crippen LogP contribution in [-0.2, 0) is 6.42 Å². The Morgan fingerprint density at radius 2 is 1.84 bits per heavy atom. The molecule has 0 aliphatic carbocycles. The third-order valence-electron chi connectivity index (χ3n) is 4.01. The molecule has 0 aliphatic rings. The van der Waals surface area contributed by atoms with Crippen molar-refractivity contribution in [1.29, 1.82) is 0 Å². The number of hydrogen-bond donors (Lipinski definition) is 2. The fourth-order valence-electron chi connectivity index (χ4n) is 2.86. The number of carboxylic acid groups (broad SMARTS) is 1. The monoisotopic (exact) mass is 356 g/mol. The molecule has 3 aromatic rings. The quantitative estimate of drug-likeness (QED) is 0.736. The minimum atomic E-state index is -1.03. The SMILES string of the molecule is C[C@H](Cc1cn(C(=O)O)c2ccccc12)NC(=O)c1ccc(Cl)cc1. The van der Waals surface area contributed by atoms with Gasteiger partial charge in [0, 0.05) is 28.2 Å². The van der Waals surface area contributed by atoms with Crippen molar-refractivity contribution in [2.24, 2.45) is 0 Å². The van der Waals surface area contributed by atoms with E-state index in [9.17, 15) is 14.7 Å². The molecule has 128 valence electrons. The number of para-hydroxylation sites is 1. The van der Waals surface area contributed by atoms with Crippen molar-refractivity contribution in [1.82, 2.24) is 9.88 Å². The topological polar surface area (TPSA) is 71.3 Å². The van der Waals surface area contributed by atoms with Gasteiger partial charge in [-0.15, -0.1) is 0 Å². The molecule has 25 heavy (non-hydrogen) atoms. The summed E-state index contributed by atoms with van der Waals surface area (Å²) in [6.45, 7) is 1.89. The second-order valence-electron chi connectivity index (χ2n) is 5.91. The van der Waals surface area contributed by atoms with Crippen molar-refractivity contribution >= 4 is 34.5 Å². The van der Waals surface area contributed by atoms with E-state index in [1.807, 2.05) is 19.1 Å². The third-order valence-corrected chi connectivity index (χ3v) is 4.26. The van der Waals surface area contributed by atoms with Crippen molar-refractivity contribution in [2.45, 2.75) is 19.4 Å². The lowest BCUT2D eigenvalue weighted by atomic mass is 10.1. The summed E-state index contributed by atoms with van der Waals surface area (Å²) < 4.78 is 1.21. The highest BCUT2D eigenvalue weighted by atomic mass is 35.5. The van der Waals surface area contributed by atoms with E-state index in [-0.39, 0.29) is 11.9 Å². The maximum absolute atomic E-state index is 12.3. The number of aromatic nitrogens is 1. The highest BCUT2D eigenvalue weighted by Gasteiger charge is 2.16. The molecule has 0 bridgehead atoms. The number of benzene rings is 2. The Hall–Kier alpha value is -2.79. The number of carbonyl (C=O) groups is 2.